The number of carboxylic acid groups (broad SMARTS) is 1. The number of nitrogen functional groups attached to an aromatic ring is 1. The summed E-state index contributed by atoms with van der Waals surface area (Å²) in [5.41, 5.74) is 7.88. The van der Waals surface area contributed by atoms with E-state index >= 15 is 0 Å². The quantitative estimate of drug-likeness (QED) is 0.742. The largest absolute Gasteiger partial charge is 0.478 e. The third kappa shape index (κ3) is 3.41. The first-order chi connectivity index (χ1) is 9.88. The fourth-order valence-electron chi connectivity index (χ4n) is 1.90. The Bertz CT molecular complexity index is 729. The molecule has 2 aromatic carbocycles. The Hall–Kier alpha value is -2.34. The lowest BCUT2D eigenvalue weighted by Gasteiger charge is -2.09. The van der Waals surface area contributed by atoms with Crippen LogP contribution in [0.5, 0.6) is 0 Å². The number of nitrogens with two attached hydrogens (primary N) is 1. The van der Waals surface area contributed by atoms with Crippen LogP contribution in [-0.4, -0.2) is 17.0 Å². The SMILES string of the molecule is Cc1cc(NC(=O)c2cc(N)ccc2Br)ccc1C(=O)O. The minimum absolute atomic E-state index is 0.207. The molecule has 5 nitrogen and oxygen atoms in total. The summed E-state index contributed by atoms with van der Waals surface area (Å²) < 4.78 is 0.632. The number of carbonyl (C=O) groups is 2. The highest BCUT2D eigenvalue weighted by atomic mass is 79.9. The molecular weight excluding hydrogens is 336 g/mol. The lowest BCUT2D eigenvalue weighted by atomic mass is 10.1. The molecule has 108 valence electrons. The van der Waals surface area contributed by atoms with E-state index in [1.54, 1.807) is 37.3 Å². The molecule has 0 aliphatic rings. The first-order valence-corrected chi connectivity index (χ1v) is 6.88. The number of amides is 1. The van der Waals surface area contributed by atoms with Gasteiger partial charge in [0.2, 0.25) is 0 Å². The van der Waals surface area contributed by atoms with Crippen LogP contribution in [-0.2, 0) is 0 Å². The normalized spacial score (nSPS) is 10.2. The second-order valence-electron chi connectivity index (χ2n) is 4.53. The molecule has 0 spiro atoms. The summed E-state index contributed by atoms with van der Waals surface area (Å²) in [4.78, 5) is 23.2. The smallest absolute Gasteiger partial charge is 0.335 e. The maximum absolute atomic E-state index is 12.2. The van der Waals surface area contributed by atoms with Crippen molar-refractivity contribution >= 4 is 39.2 Å². The van der Waals surface area contributed by atoms with E-state index in [0.29, 0.717) is 27.0 Å². The van der Waals surface area contributed by atoms with E-state index in [-0.39, 0.29) is 11.5 Å². The van der Waals surface area contributed by atoms with Crippen LogP contribution in [0.3, 0.4) is 0 Å². The summed E-state index contributed by atoms with van der Waals surface area (Å²) in [6.45, 7) is 1.68. The molecule has 0 heterocycles. The predicted molar refractivity (Wildman–Crippen MR) is 84.6 cm³/mol. The van der Waals surface area contributed by atoms with E-state index in [2.05, 4.69) is 21.2 Å². The Morgan fingerprint density at radius 1 is 1.14 bits per heavy atom. The van der Waals surface area contributed by atoms with Crippen molar-refractivity contribution in [3.05, 3.63) is 57.6 Å². The zero-order valence-electron chi connectivity index (χ0n) is 11.2. The van der Waals surface area contributed by atoms with Crippen molar-refractivity contribution in [3.8, 4) is 0 Å². The van der Waals surface area contributed by atoms with Crippen LogP contribution in [0.25, 0.3) is 0 Å². The molecule has 0 aliphatic heterocycles. The van der Waals surface area contributed by atoms with Crippen molar-refractivity contribution in [1.29, 1.82) is 0 Å². The third-order valence-corrected chi connectivity index (χ3v) is 3.64. The number of anilines is 2. The average molecular weight is 349 g/mol. The first-order valence-electron chi connectivity index (χ1n) is 6.09. The molecule has 0 radical (unpaired) electrons. The lowest BCUT2D eigenvalue weighted by Crippen LogP contribution is -2.13. The lowest BCUT2D eigenvalue weighted by molar-refractivity contribution is 0.0696. The van der Waals surface area contributed by atoms with Gasteiger partial charge in [0.25, 0.3) is 5.91 Å². The van der Waals surface area contributed by atoms with Crippen LogP contribution in [0, 0.1) is 6.92 Å². The summed E-state index contributed by atoms with van der Waals surface area (Å²) >= 11 is 3.30. The monoisotopic (exact) mass is 348 g/mol. The predicted octanol–water partition coefficient (Wildman–Crippen LogP) is 3.29. The Labute approximate surface area is 129 Å². The number of rotatable bonds is 3. The minimum Gasteiger partial charge on any atom is -0.478 e. The van der Waals surface area contributed by atoms with Gasteiger partial charge in [-0.25, -0.2) is 4.79 Å². The van der Waals surface area contributed by atoms with Gasteiger partial charge in [-0.2, -0.15) is 0 Å². The summed E-state index contributed by atoms with van der Waals surface area (Å²) in [7, 11) is 0. The maximum Gasteiger partial charge on any atom is 0.335 e. The highest BCUT2D eigenvalue weighted by Gasteiger charge is 2.12. The maximum atomic E-state index is 12.2. The van der Waals surface area contributed by atoms with Crippen LogP contribution < -0.4 is 11.1 Å². The molecule has 0 aromatic heterocycles. The van der Waals surface area contributed by atoms with Gasteiger partial charge in [-0.15, -0.1) is 0 Å². The Balaban J connectivity index is 2.26. The number of nitrogens with one attached hydrogen (secondary N) is 1. The number of carbonyl (C=O) groups excluding carboxylic acids is 1. The summed E-state index contributed by atoms with van der Waals surface area (Å²) in [6.07, 6.45) is 0. The van der Waals surface area contributed by atoms with E-state index in [9.17, 15) is 9.59 Å². The number of carboxylic acids is 1. The fraction of sp³-hybridized carbons (Fsp3) is 0.0667. The van der Waals surface area contributed by atoms with Crippen LogP contribution in [0.15, 0.2) is 40.9 Å². The van der Waals surface area contributed by atoms with Gasteiger partial charge in [-0.3, -0.25) is 4.79 Å². The molecule has 2 aromatic rings. The van der Waals surface area contributed by atoms with Crippen LogP contribution in [0.4, 0.5) is 11.4 Å². The third-order valence-electron chi connectivity index (χ3n) is 2.95. The Morgan fingerprint density at radius 2 is 1.86 bits per heavy atom. The molecule has 4 N–H and O–H groups in total. The minimum atomic E-state index is -0.996. The number of aromatic carboxylic acids is 1. The molecule has 2 rings (SSSR count). The Kier molecular flexibility index (Phi) is 4.28. The van der Waals surface area contributed by atoms with Crippen molar-refractivity contribution in [2.75, 3.05) is 11.1 Å². The van der Waals surface area contributed by atoms with Gasteiger partial charge in [0.05, 0.1) is 11.1 Å². The van der Waals surface area contributed by atoms with Crippen molar-refractivity contribution in [2.24, 2.45) is 0 Å². The van der Waals surface area contributed by atoms with Crippen LogP contribution in [0.2, 0.25) is 0 Å². The zero-order chi connectivity index (χ0) is 15.6. The second-order valence-corrected chi connectivity index (χ2v) is 5.38. The number of hydrogen-bond acceptors (Lipinski definition) is 3. The molecule has 1 amide bonds. The van der Waals surface area contributed by atoms with E-state index in [0.717, 1.165) is 0 Å². The topological polar surface area (TPSA) is 92.4 Å². The van der Waals surface area contributed by atoms with Crippen molar-refractivity contribution in [1.82, 2.24) is 0 Å². The van der Waals surface area contributed by atoms with E-state index in [4.69, 9.17) is 10.8 Å². The van der Waals surface area contributed by atoms with Gasteiger partial charge in [0.1, 0.15) is 0 Å². The van der Waals surface area contributed by atoms with Gasteiger partial charge >= 0.3 is 5.97 Å². The molecule has 0 saturated heterocycles. The number of hydrogen-bond donors (Lipinski definition) is 3. The van der Waals surface area contributed by atoms with Crippen molar-refractivity contribution in [2.45, 2.75) is 6.92 Å². The zero-order valence-corrected chi connectivity index (χ0v) is 12.8. The molecule has 0 saturated carbocycles. The van der Waals surface area contributed by atoms with E-state index < -0.39 is 5.97 Å². The molecule has 21 heavy (non-hydrogen) atoms. The molecule has 0 fully saturated rings. The fourth-order valence-corrected chi connectivity index (χ4v) is 2.32. The van der Waals surface area contributed by atoms with Crippen molar-refractivity contribution in [3.63, 3.8) is 0 Å². The standard InChI is InChI=1S/C15H13BrN2O3/c1-8-6-10(3-4-11(8)15(20)21)18-14(19)12-7-9(17)2-5-13(12)16/h2-7H,17H2,1H3,(H,18,19)(H,20,21). The summed E-state index contributed by atoms with van der Waals surface area (Å²) in [5.74, 6) is -1.32. The van der Waals surface area contributed by atoms with E-state index in [1.165, 1.54) is 6.07 Å². The van der Waals surface area contributed by atoms with Crippen LogP contribution >= 0.6 is 15.9 Å². The average Bonchev–Trinajstić information content (AvgIpc) is 2.41. The van der Waals surface area contributed by atoms with E-state index in [1.807, 2.05) is 0 Å². The number of aryl methyl sites for hydroxylation is 1. The van der Waals surface area contributed by atoms with Crippen LogP contribution in [0.1, 0.15) is 26.3 Å². The summed E-state index contributed by atoms with van der Waals surface area (Å²) in [6, 6.07) is 9.57. The molecule has 0 bridgehead atoms. The van der Waals surface area contributed by atoms with Gasteiger partial charge in [0, 0.05) is 15.8 Å². The molecular formula is C15H13BrN2O3. The molecule has 6 heteroatoms. The highest BCUT2D eigenvalue weighted by molar-refractivity contribution is 9.10. The number of benzene rings is 2. The molecule has 0 unspecified atom stereocenters. The first kappa shape index (κ1) is 15.1. The second kappa shape index (κ2) is 5.97. The van der Waals surface area contributed by atoms with Gasteiger partial charge in [-0.1, -0.05) is 0 Å². The van der Waals surface area contributed by atoms with Gasteiger partial charge in [-0.05, 0) is 64.8 Å². The van der Waals surface area contributed by atoms with Gasteiger partial charge < -0.3 is 16.2 Å². The van der Waals surface area contributed by atoms with Crippen molar-refractivity contribution < 1.29 is 14.7 Å². The Morgan fingerprint density at radius 3 is 2.48 bits per heavy atom. The summed E-state index contributed by atoms with van der Waals surface area (Å²) in [5, 5.41) is 11.7. The highest BCUT2D eigenvalue weighted by Crippen LogP contribution is 2.22. The molecule has 0 atom stereocenters. The molecule has 0 aliphatic carbocycles. The number of halogens is 1. The van der Waals surface area contributed by atoms with Gasteiger partial charge in [0.15, 0.2) is 0 Å².